The van der Waals surface area contributed by atoms with Gasteiger partial charge in [-0.2, -0.15) is 0 Å². The summed E-state index contributed by atoms with van der Waals surface area (Å²) in [6.07, 6.45) is 3.54. The number of fused-ring (bicyclic) bond motifs is 1. The number of carbonyl (C=O) groups excluding carboxylic acids is 1. The smallest absolute Gasteiger partial charge is 0.233 e. The van der Waals surface area contributed by atoms with E-state index in [-0.39, 0.29) is 12.0 Å². The molecule has 1 amide bonds. The third-order valence-corrected chi connectivity index (χ3v) is 6.30. The summed E-state index contributed by atoms with van der Waals surface area (Å²) < 4.78 is 6.93. The molecule has 2 aromatic carbocycles. The maximum atomic E-state index is 13.2. The summed E-state index contributed by atoms with van der Waals surface area (Å²) in [7, 11) is 0. The summed E-state index contributed by atoms with van der Waals surface area (Å²) in [6.45, 7) is 5.57. The fourth-order valence-corrected chi connectivity index (χ4v) is 4.67. The Kier molecular flexibility index (Phi) is 5.74. The molecule has 1 fully saturated rings. The molecule has 0 radical (unpaired) electrons. The van der Waals surface area contributed by atoms with Gasteiger partial charge in [0.15, 0.2) is 5.13 Å². The van der Waals surface area contributed by atoms with Crippen LogP contribution in [0.5, 0.6) is 0 Å². The molecular formula is C23H26N2O2S. The highest BCUT2D eigenvalue weighted by molar-refractivity contribution is 7.22. The lowest BCUT2D eigenvalue weighted by atomic mass is 10.1. The van der Waals surface area contributed by atoms with Gasteiger partial charge in [-0.15, -0.1) is 0 Å². The zero-order valence-electron chi connectivity index (χ0n) is 16.5. The molecule has 0 bridgehead atoms. The number of nitrogens with zero attached hydrogens (tertiary/aromatic N) is 2. The van der Waals surface area contributed by atoms with Gasteiger partial charge in [0.25, 0.3) is 0 Å². The molecule has 3 aromatic rings. The van der Waals surface area contributed by atoms with Crippen LogP contribution in [-0.4, -0.2) is 30.1 Å². The first-order chi connectivity index (χ1) is 13.6. The van der Waals surface area contributed by atoms with Crippen LogP contribution in [0.3, 0.4) is 0 Å². The van der Waals surface area contributed by atoms with Crippen LogP contribution in [0.4, 0.5) is 5.13 Å². The maximum Gasteiger partial charge on any atom is 0.233 e. The van der Waals surface area contributed by atoms with Crippen LogP contribution >= 0.6 is 11.3 Å². The number of aromatic nitrogens is 1. The summed E-state index contributed by atoms with van der Waals surface area (Å²) in [5.74, 6) is 0.0792. The molecule has 1 aliphatic heterocycles. The van der Waals surface area contributed by atoms with Crippen LogP contribution < -0.4 is 4.90 Å². The van der Waals surface area contributed by atoms with Gasteiger partial charge < -0.3 is 4.74 Å². The zero-order chi connectivity index (χ0) is 19.5. The van der Waals surface area contributed by atoms with Crippen molar-refractivity contribution in [2.45, 2.75) is 45.6 Å². The first kappa shape index (κ1) is 19.1. The zero-order valence-corrected chi connectivity index (χ0v) is 17.3. The minimum absolute atomic E-state index is 0.0792. The Hall–Kier alpha value is -2.24. The van der Waals surface area contributed by atoms with Crippen molar-refractivity contribution in [1.29, 1.82) is 0 Å². The molecule has 146 valence electrons. The minimum Gasteiger partial charge on any atom is -0.376 e. The molecule has 1 aliphatic rings. The highest BCUT2D eigenvalue weighted by Gasteiger charge is 2.26. The highest BCUT2D eigenvalue weighted by Crippen LogP contribution is 2.31. The number of amides is 1. The van der Waals surface area contributed by atoms with Crippen LogP contribution in [0.1, 0.15) is 36.5 Å². The third kappa shape index (κ3) is 4.26. The number of aryl methyl sites for hydroxylation is 2. The number of hydrogen-bond acceptors (Lipinski definition) is 4. The summed E-state index contributed by atoms with van der Waals surface area (Å²) in [5.41, 5.74) is 4.48. The Morgan fingerprint density at radius 1 is 1.21 bits per heavy atom. The summed E-state index contributed by atoms with van der Waals surface area (Å²) in [4.78, 5) is 19.8. The van der Waals surface area contributed by atoms with Gasteiger partial charge in [0.1, 0.15) is 0 Å². The van der Waals surface area contributed by atoms with Gasteiger partial charge in [-0.1, -0.05) is 48.6 Å². The summed E-state index contributed by atoms with van der Waals surface area (Å²) in [6, 6.07) is 14.6. The number of rotatable bonds is 6. The van der Waals surface area contributed by atoms with Gasteiger partial charge >= 0.3 is 0 Å². The Labute approximate surface area is 170 Å². The van der Waals surface area contributed by atoms with Gasteiger partial charge in [0.2, 0.25) is 5.91 Å². The van der Waals surface area contributed by atoms with Crippen molar-refractivity contribution >= 4 is 32.6 Å². The molecule has 0 spiro atoms. The molecular weight excluding hydrogens is 368 g/mol. The average Bonchev–Trinajstić information content (AvgIpc) is 3.35. The molecule has 5 heteroatoms. The van der Waals surface area contributed by atoms with E-state index in [4.69, 9.17) is 9.72 Å². The van der Waals surface area contributed by atoms with E-state index < -0.39 is 0 Å². The number of ether oxygens (including phenoxy) is 1. The van der Waals surface area contributed by atoms with Gasteiger partial charge in [-0.05, 0) is 55.0 Å². The van der Waals surface area contributed by atoms with E-state index >= 15 is 0 Å². The molecule has 4 nitrogen and oxygen atoms in total. The van der Waals surface area contributed by atoms with Gasteiger partial charge in [-0.3, -0.25) is 9.69 Å². The molecule has 1 unspecified atom stereocenters. The van der Waals surface area contributed by atoms with E-state index in [9.17, 15) is 4.79 Å². The van der Waals surface area contributed by atoms with Gasteiger partial charge in [-0.25, -0.2) is 4.98 Å². The number of anilines is 1. The third-order valence-electron chi connectivity index (χ3n) is 5.26. The van der Waals surface area contributed by atoms with E-state index in [0.29, 0.717) is 13.0 Å². The Morgan fingerprint density at radius 3 is 2.71 bits per heavy atom. The topological polar surface area (TPSA) is 42.4 Å². The van der Waals surface area contributed by atoms with Crippen LogP contribution in [0.2, 0.25) is 0 Å². The number of carbonyl (C=O) groups is 1. The van der Waals surface area contributed by atoms with Crippen molar-refractivity contribution in [2.75, 3.05) is 18.1 Å². The lowest BCUT2D eigenvalue weighted by molar-refractivity contribution is -0.118. The van der Waals surface area contributed by atoms with Crippen molar-refractivity contribution in [3.05, 3.63) is 59.2 Å². The number of benzene rings is 2. The molecule has 1 aromatic heterocycles. The van der Waals surface area contributed by atoms with E-state index in [0.717, 1.165) is 46.8 Å². The predicted octanol–water partition coefficient (Wildman–Crippen LogP) is 4.92. The largest absolute Gasteiger partial charge is 0.376 e. The van der Waals surface area contributed by atoms with Crippen molar-refractivity contribution in [3.8, 4) is 0 Å². The standard InChI is InChI=1S/C23H26N2O2S/c1-3-17-7-9-18(10-8-17)14-22(26)25(15-19-5-4-12-27-19)23-24-20-11-6-16(2)13-21(20)28-23/h6-11,13,19H,3-5,12,14-15H2,1-2H3. The van der Waals surface area contributed by atoms with Crippen molar-refractivity contribution in [1.82, 2.24) is 4.98 Å². The lowest BCUT2D eigenvalue weighted by Gasteiger charge is -2.23. The normalized spacial score (nSPS) is 16.6. The van der Waals surface area contributed by atoms with Crippen molar-refractivity contribution in [3.63, 3.8) is 0 Å². The molecule has 0 saturated carbocycles. The molecule has 1 saturated heterocycles. The molecule has 0 N–H and O–H groups in total. The van der Waals surface area contributed by atoms with Crippen molar-refractivity contribution in [2.24, 2.45) is 0 Å². The SMILES string of the molecule is CCc1ccc(CC(=O)N(CC2CCCO2)c2nc3ccc(C)cc3s2)cc1. The lowest BCUT2D eigenvalue weighted by Crippen LogP contribution is -2.38. The quantitative estimate of drug-likeness (QED) is 0.596. The second kappa shape index (κ2) is 8.41. The second-order valence-corrected chi connectivity index (χ2v) is 8.46. The first-order valence-corrected chi connectivity index (χ1v) is 10.8. The summed E-state index contributed by atoms with van der Waals surface area (Å²) >= 11 is 1.59. The van der Waals surface area contributed by atoms with E-state index in [2.05, 4.69) is 50.2 Å². The van der Waals surface area contributed by atoms with E-state index in [1.54, 1.807) is 11.3 Å². The Balaban J connectivity index is 1.60. The first-order valence-electron chi connectivity index (χ1n) is 9.99. The highest BCUT2D eigenvalue weighted by atomic mass is 32.1. The molecule has 4 rings (SSSR count). The predicted molar refractivity (Wildman–Crippen MR) is 115 cm³/mol. The average molecular weight is 395 g/mol. The van der Waals surface area contributed by atoms with Gasteiger partial charge in [0.05, 0.1) is 29.3 Å². The Morgan fingerprint density at radius 2 is 2.00 bits per heavy atom. The molecule has 0 aliphatic carbocycles. The fourth-order valence-electron chi connectivity index (χ4n) is 3.58. The maximum absolute atomic E-state index is 13.2. The summed E-state index contributed by atoms with van der Waals surface area (Å²) in [5, 5.41) is 0.770. The fraction of sp³-hybridized carbons (Fsp3) is 0.391. The van der Waals surface area contributed by atoms with Crippen LogP contribution in [0.25, 0.3) is 10.2 Å². The second-order valence-electron chi connectivity index (χ2n) is 7.45. The molecule has 28 heavy (non-hydrogen) atoms. The number of hydrogen-bond donors (Lipinski definition) is 0. The monoisotopic (exact) mass is 394 g/mol. The minimum atomic E-state index is 0.0792. The van der Waals surface area contributed by atoms with Crippen molar-refractivity contribution < 1.29 is 9.53 Å². The van der Waals surface area contributed by atoms with Gasteiger partial charge in [0, 0.05) is 6.61 Å². The van der Waals surface area contributed by atoms with E-state index in [1.807, 2.05) is 11.0 Å². The molecule has 1 atom stereocenters. The number of thiazole rings is 1. The van der Waals surface area contributed by atoms with Crippen LogP contribution in [0.15, 0.2) is 42.5 Å². The van der Waals surface area contributed by atoms with E-state index in [1.165, 1.54) is 11.1 Å². The molecule has 2 heterocycles. The Bertz CT molecular complexity index is 958. The van der Waals surface area contributed by atoms with Crippen LogP contribution in [0, 0.1) is 6.92 Å². The van der Waals surface area contributed by atoms with Crippen LogP contribution in [-0.2, 0) is 22.4 Å².